The highest BCUT2D eigenvalue weighted by molar-refractivity contribution is 5.49. The number of nitro benzene ring substituents is 1. The van der Waals surface area contributed by atoms with Crippen molar-refractivity contribution in [3.63, 3.8) is 0 Å². The molecule has 1 atom stereocenters. The maximum absolute atomic E-state index is 11.0. The molecule has 5 nitrogen and oxygen atoms in total. The zero-order chi connectivity index (χ0) is 16.2. The van der Waals surface area contributed by atoms with E-state index in [2.05, 4.69) is 33.0 Å². The van der Waals surface area contributed by atoms with Gasteiger partial charge in [0.25, 0.3) is 5.69 Å². The Balaban J connectivity index is 2.67. The molecule has 0 heterocycles. The van der Waals surface area contributed by atoms with Gasteiger partial charge in [-0.25, -0.2) is 0 Å². The molecule has 0 aliphatic carbocycles. The summed E-state index contributed by atoms with van der Waals surface area (Å²) in [5, 5.41) is 14.4. The predicted octanol–water partition coefficient (Wildman–Crippen LogP) is 3.61. The fourth-order valence-corrected chi connectivity index (χ4v) is 1.95. The summed E-state index contributed by atoms with van der Waals surface area (Å²) in [5.74, 6) is 0.916. The number of nitrogens with one attached hydrogen (secondary N) is 1. The summed E-state index contributed by atoms with van der Waals surface area (Å²) in [6.07, 6.45) is 0. The molecule has 0 radical (unpaired) electrons. The van der Waals surface area contributed by atoms with E-state index in [1.54, 1.807) is 13.0 Å². The molecule has 1 N–H and O–H groups in total. The average Bonchev–Trinajstić information content (AvgIpc) is 2.34. The van der Waals surface area contributed by atoms with E-state index in [0.29, 0.717) is 23.8 Å². The number of nitro groups is 1. The molecule has 1 aromatic carbocycles. The van der Waals surface area contributed by atoms with E-state index in [4.69, 9.17) is 4.74 Å². The lowest BCUT2D eigenvalue weighted by Crippen LogP contribution is -2.39. The van der Waals surface area contributed by atoms with Crippen LogP contribution in [0.25, 0.3) is 0 Å². The molecular formula is C16H26N2O3. The lowest BCUT2D eigenvalue weighted by atomic mass is 10.1. The van der Waals surface area contributed by atoms with Gasteiger partial charge in [0.05, 0.1) is 17.6 Å². The van der Waals surface area contributed by atoms with Crippen LogP contribution in [0, 0.1) is 29.9 Å². The molecule has 0 amide bonds. The Labute approximate surface area is 126 Å². The van der Waals surface area contributed by atoms with Gasteiger partial charge < -0.3 is 10.1 Å². The first kappa shape index (κ1) is 17.4. The molecule has 0 aliphatic rings. The summed E-state index contributed by atoms with van der Waals surface area (Å²) >= 11 is 0. The molecule has 0 aromatic heterocycles. The SMILES string of the molecule is Cc1cc(C)c([N+](=O)[O-])cc1OCC(C)CNC(C)(C)C. The normalized spacial score (nSPS) is 13.0. The van der Waals surface area contributed by atoms with E-state index < -0.39 is 0 Å². The number of hydrogen-bond acceptors (Lipinski definition) is 4. The number of hydrogen-bond donors (Lipinski definition) is 1. The third-order valence-corrected chi connectivity index (χ3v) is 3.19. The molecule has 21 heavy (non-hydrogen) atoms. The average molecular weight is 294 g/mol. The molecule has 0 saturated heterocycles. The molecule has 1 rings (SSSR count). The highest BCUT2D eigenvalue weighted by atomic mass is 16.6. The van der Waals surface area contributed by atoms with Gasteiger partial charge in [-0.2, -0.15) is 0 Å². The maximum atomic E-state index is 11.0. The van der Waals surface area contributed by atoms with Crippen LogP contribution in [0.3, 0.4) is 0 Å². The minimum absolute atomic E-state index is 0.0762. The van der Waals surface area contributed by atoms with Gasteiger partial charge >= 0.3 is 0 Å². The fraction of sp³-hybridized carbons (Fsp3) is 0.625. The van der Waals surface area contributed by atoms with E-state index in [-0.39, 0.29) is 16.1 Å². The van der Waals surface area contributed by atoms with Crippen LogP contribution >= 0.6 is 0 Å². The first-order valence-electron chi connectivity index (χ1n) is 7.23. The summed E-state index contributed by atoms with van der Waals surface area (Å²) in [6.45, 7) is 13.5. The van der Waals surface area contributed by atoms with Crippen LogP contribution in [0.5, 0.6) is 5.75 Å². The number of ether oxygens (including phenoxy) is 1. The Hall–Kier alpha value is -1.62. The highest BCUT2D eigenvalue weighted by Crippen LogP contribution is 2.28. The van der Waals surface area contributed by atoms with Gasteiger partial charge in [0.2, 0.25) is 0 Å². The van der Waals surface area contributed by atoms with Gasteiger partial charge in [-0.1, -0.05) is 6.92 Å². The number of nitrogens with zero attached hydrogens (tertiary/aromatic N) is 1. The van der Waals surface area contributed by atoms with Crippen molar-refractivity contribution in [2.75, 3.05) is 13.2 Å². The van der Waals surface area contributed by atoms with Crippen molar-refractivity contribution in [2.45, 2.75) is 47.1 Å². The van der Waals surface area contributed by atoms with Crippen molar-refractivity contribution in [1.82, 2.24) is 5.32 Å². The predicted molar refractivity (Wildman–Crippen MR) is 85.0 cm³/mol. The molecule has 5 heteroatoms. The Morgan fingerprint density at radius 3 is 2.43 bits per heavy atom. The molecule has 1 aromatic rings. The van der Waals surface area contributed by atoms with Crippen molar-refractivity contribution in [3.05, 3.63) is 33.4 Å². The van der Waals surface area contributed by atoms with Crippen LogP contribution in [-0.2, 0) is 0 Å². The van der Waals surface area contributed by atoms with Crippen LogP contribution in [0.2, 0.25) is 0 Å². The summed E-state index contributed by atoms with van der Waals surface area (Å²) in [5.41, 5.74) is 1.77. The smallest absolute Gasteiger partial charge is 0.276 e. The maximum Gasteiger partial charge on any atom is 0.276 e. The zero-order valence-electron chi connectivity index (χ0n) is 13.8. The first-order chi connectivity index (χ1) is 9.60. The quantitative estimate of drug-likeness (QED) is 0.643. The van der Waals surface area contributed by atoms with E-state index in [9.17, 15) is 10.1 Å². The zero-order valence-corrected chi connectivity index (χ0v) is 13.8. The lowest BCUT2D eigenvalue weighted by molar-refractivity contribution is -0.385. The minimum atomic E-state index is -0.369. The van der Waals surface area contributed by atoms with Crippen molar-refractivity contribution >= 4 is 5.69 Å². The third kappa shape index (κ3) is 5.71. The van der Waals surface area contributed by atoms with E-state index in [0.717, 1.165) is 12.1 Å². The number of aryl methyl sites for hydroxylation is 2. The van der Waals surface area contributed by atoms with Crippen LogP contribution < -0.4 is 10.1 Å². The summed E-state index contributed by atoms with van der Waals surface area (Å²) in [4.78, 5) is 10.6. The van der Waals surface area contributed by atoms with Gasteiger partial charge in [-0.05, 0) is 46.2 Å². The monoisotopic (exact) mass is 294 g/mol. The van der Waals surface area contributed by atoms with Crippen molar-refractivity contribution in [2.24, 2.45) is 5.92 Å². The van der Waals surface area contributed by atoms with Gasteiger partial charge in [0.15, 0.2) is 0 Å². The standard InChI is InChI=1S/C16H26N2O3/c1-11(9-17-16(4,5)6)10-21-15-8-14(18(19)20)12(2)7-13(15)3/h7-8,11,17H,9-10H2,1-6H3. The minimum Gasteiger partial charge on any atom is -0.493 e. The van der Waals surface area contributed by atoms with Crippen LogP contribution in [0.15, 0.2) is 12.1 Å². The molecule has 0 fully saturated rings. The number of benzene rings is 1. The largest absolute Gasteiger partial charge is 0.493 e. The highest BCUT2D eigenvalue weighted by Gasteiger charge is 2.16. The van der Waals surface area contributed by atoms with Crippen molar-refractivity contribution in [1.29, 1.82) is 0 Å². The molecule has 0 bridgehead atoms. The molecule has 0 saturated carbocycles. The van der Waals surface area contributed by atoms with Crippen LogP contribution in [0.4, 0.5) is 5.69 Å². The van der Waals surface area contributed by atoms with Crippen LogP contribution in [-0.4, -0.2) is 23.6 Å². The Kier molecular flexibility index (Phi) is 5.72. The molecule has 1 unspecified atom stereocenters. The van der Waals surface area contributed by atoms with E-state index >= 15 is 0 Å². The van der Waals surface area contributed by atoms with E-state index in [1.807, 2.05) is 6.92 Å². The van der Waals surface area contributed by atoms with Gasteiger partial charge in [-0.3, -0.25) is 10.1 Å². The Morgan fingerprint density at radius 2 is 1.90 bits per heavy atom. The van der Waals surface area contributed by atoms with Crippen LogP contribution in [0.1, 0.15) is 38.8 Å². The van der Waals surface area contributed by atoms with Crippen molar-refractivity contribution < 1.29 is 9.66 Å². The van der Waals surface area contributed by atoms with Crippen molar-refractivity contribution in [3.8, 4) is 5.75 Å². The van der Waals surface area contributed by atoms with Gasteiger partial charge in [-0.15, -0.1) is 0 Å². The Bertz CT molecular complexity index is 507. The second-order valence-electron chi connectivity index (χ2n) is 6.71. The molecule has 0 spiro atoms. The molecule has 0 aliphatic heterocycles. The lowest BCUT2D eigenvalue weighted by Gasteiger charge is -2.23. The third-order valence-electron chi connectivity index (χ3n) is 3.19. The summed E-state index contributed by atoms with van der Waals surface area (Å²) < 4.78 is 5.77. The second kappa shape index (κ2) is 6.89. The summed E-state index contributed by atoms with van der Waals surface area (Å²) in [7, 11) is 0. The Morgan fingerprint density at radius 1 is 1.29 bits per heavy atom. The fourth-order valence-electron chi connectivity index (χ4n) is 1.95. The van der Waals surface area contributed by atoms with Gasteiger partial charge in [0.1, 0.15) is 5.75 Å². The number of rotatable bonds is 6. The van der Waals surface area contributed by atoms with E-state index in [1.165, 1.54) is 6.07 Å². The molecular weight excluding hydrogens is 268 g/mol. The summed E-state index contributed by atoms with van der Waals surface area (Å²) in [6, 6.07) is 3.32. The topological polar surface area (TPSA) is 64.4 Å². The molecule has 118 valence electrons. The first-order valence-corrected chi connectivity index (χ1v) is 7.23. The van der Waals surface area contributed by atoms with Gasteiger partial charge in [0, 0.05) is 23.6 Å². The second-order valence-corrected chi connectivity index (χ2v) is 6.71.